The number of amides is 1. The molecule has 0 aliphatic heterocycles. The van der Waals surface area contributed by atoms with E-state index in [0.717, 1.165) is 33.3 Å². The molecule has 0 aliphatic carbocycles. The second-order valence-corrected chi connectivity index (χ2v) is 7.28. The van der Waals surface area contributed by atoms with E-state index < -0.39 is 0 Å². The Labute approximate surface area is 157 Å². The predicted molar refractivity (Wildman–Crippen MR) is 105 cm³/mol. The average molecular weight is 366 g/mol. The second-order valence-electron chi connectivity index (χ2n) is 6.22. The maximum absolute atomic E-state index is 12.4. The summed E-state index contributed by atoms with van der Waals surface area (Å²) in [6.45, 7) is 6.48. The number of rotatable bonds is 5. The highest BCUT2D eigenvalue weighted by Crippen LogP contribution is 2.19. The number of aryl methyl sites for hydroxylation is 2. The second kappa shape index (κ2) is 7.66. The van der Waals surface area contributed by atoms with Crippen molar-refractivity contribution in [3.05, 3.63) is 69.4 Å². The van der Waals surface area contributed by atoms with Gasteiger partial charge >= 0.3 is 0 Å². The third kappa shape index (κ3) is 3.91. The number of thiazole rings is 1. The van der Waals surface area contributed by atoms with E-state index in [1.807, 2.05) is 61.2 Å². The maximum Gasteiger partial charge on any atom is 0.246 e. The lowest BCUT2D eigenvalue weighted by molar-refractivity contribution is -0.125. The molecular weight excluding hydrogens is 344 g/mol. The highest BCUT2D eigenvalue weighted by molar-refractivity contribution is 7.09. The number of hydrogen-bond donors (Lipinski definition) is 0. The number of likely N-dealkylation sites (N-methyl/N-ethyl adjacent to an activating group) is 1. The van der Waals surface area contributed by atoms with Gasteiger partial charge in [0.2, 0.25) is 5.91 Å². The fourth-order valence-corrected chi connectivity index (χ4v) is 3.36. The molecule has 5 nitrogen and oxygen atoms in total. The van der Waals surface area contributed by atoms with Crippen molar-refractivity contribution in [3.63, 3.8) is 0 Å². The molecule has 0 spiro atoms. The van der Waals surface area contributed by atoms with Gasteiger partial charge in [-0.2, -0.15) is 5.10 Å². The number of nitrogens with zero attached hydrogens (tertiary/aromatic N) is 4. The Balaban J connectivity index is 1.75. The molecule has 26 heavy (non-hydrogen) atoms. The fraction of sp³-hybridized carbons (Fsp3) is 0.250. The minimum absolute atomic E-state index is 0.0538. The minimum Gasteiger partial charge on any atom is -0.338 e. The SMILES string of the molecule is Cc1nc(/C=C/C(=O)N(C)Cc2c(C)nn(-c3ccccc3)c2C)cs1. The van der Waals surface area contributed by atoms with E-state index in [-0.39, 0.29) is 5.91 Å². The third-order valence-corrected chi connectivity index (χ3v) is 5.04. The molecule has 3 aromatic rings. The van der Waals surface area contributed by atoms with Gasteiger partial charge in [-0.15, -0.1) is 11.3 Å². The van der Waals surface area contributed by atoms with Crippen LogP contribution in [-0.4, -0.2) is 32.6 Å². The number of carbonyl (C=O) groups excluding carboxylic acids is 1. The van der Waals surface area contributed by atoms with Gasteiger partial charge in [0.15, 0.2) is 0 Å². The monoisotopic (exact) mass is 366 g/mol. The molecule has 0 saturated carbocycles. The average Bonchev–Trinajstić information content (AvgIpc) is 3.18. The van der Waals surface area contributed by atoms with Crippen LogP contribution in [0.4, 0.5) is 0 Å². The van der Waals surface area contributed by atoms with Gasteiger partial charge in [0.05, 0.1) is 22.1 Å². The summed E-state index contributed by atoms with van der Waals surface area (Å²) >= 11 is 1.57. The molecule has 0 atom stereocenters. The first-order valence-electron chi connectivity index (χ1n) is 8.41. The highest BCUT2D eigenvalue weighted by atomic mass is 32.1. The Morgan fingerprint density at radius 2 is 1.96 bits per heavy atom. The smallest absolute Gasteiger partial charge is 0.246 e. The molecule has 0 unspecified atom stereocenters. The number of hydrogen-bond acceptors (Lipinski definition) is 4. The summed E-state index contributed by atoms with van der Waals surface area (Å²) in [6.07, 6.45) is 3.33. The lowest BCUT2D eigenvalue weighted by Crippen LogP contribution is -2.24. The number of aromatic nitrogens is 3. The molecule has 3 rings (SSSR count). The predicted octanol–water partition coefficient (Wildman–Crippen LogP) is 3.93. The molecule has 0 N–H and O–H groups in total. The summed E-state index contributed by atoms with van der Waals surface area (Å²) in [5, 5.41) is 7.57. The van der Waals surface area contributed by atoms with Crippen LogP contribution >= 0.6 is 11.3 Å². The van der Waals surface area contributed by atoms with E-state index in [1.54, 1.807) is 35.4 Å². The molecule has 2 heterocycles. The lowest BCUT2D eigenvalue weighted by Gasteiger charge is -2.15. The molecule has 6 heteroatoms. The molecule has 0 aliphatic rings. The summed E-state index contributed by atoms with van der Waals surface area (Å²) in [6, 6.07) is 10.0. The van der Waals surface area contributed by atoms with Gasteiger partial charge in [-0.3, -0.25) is 4.79 Å². The van der Waals surface area contributed by atoms with E-state index in [9.17, 15) is 4.79 Å². The van der Waals surface area contributed by atoms with Gasteiger partial charge in [0, 0.05) is 36.3 Å². The van der Waals surface area contributed by atoms with Crippen molar-refractivity contribution >= 4 is 23.3 Å². The first-order chi connectivity index (χ1) is 12.5. The Morgan fingerprint density at radius 3 is 2.62 bits per heavy atom. The highest BCUT2D eigenvalue weighted by Gasteiger charge is 2.16. The van der Waals surface area contributed by atoms with Gasteiger partial charge in [-0.25, -0.2) is 9.67 Å². The Kier molecular flexibility index (Phi) is 5.32. The van der Waals surface area contributed by atoms with Gasteiger partial charge in [-0.05, 0) is 39.0 Å². The normalized spacial score (nSPS) is 11.2. The fourth-order valence-electron chi connectivity index (χ4n) is 2.78. The number of para-hydroxylation sites is 1. The lowest BCUT2D eigenvalue weighted by atomic mass is 10.2. The summed E-state index contributed by atoms with van der Waals surface area (Å²) in [7, 11) is 1.80. The molecule has 0 radical (unpaired) electrons. The molecule has 1 aromatic carbocycles. The third-order valence-electron chi connectivity index (χ3n) is 4.25. The molecule has 2 aromatic heterocycles. The van der Waals surface area contributed by atoms with Crippen LogP contribution in [0.15, 0.2) is 41.8 Å². The van der Waals surface area contributed by atoms with Gasteiger partial charge in [0.1, 0.15) is 0 Å². The van der Waals surface area contributed by atoms with Crippen LogP contribution in [0.3, 0.4) is 0 Å². The van der Waals surface area contributed by atoms with Gasteiger partial charge in [-0.1, -0.05) is 18.2 Å². The van der Waals surface area contributed by atoms with Crippen molar-refractivity contribution in [1.82, 2.24) is 19.7 Å². The van der Waals surface area contributed by atoms with E-state index >= 15 is 0 Å². The van der Waals surface area contributed by atoms with E-state index in [0.29, 0.717) is 6.54 Å². The van der Waals surface area contributed by atoms with Crippen LogP contribution in [0.25, 0.3) is 11.8 Å². The van der Waals surface area contributed by atoms with Crippen molar-refractivity contribution in [1.29, 1.82) is 0 Å². The zero-order valence-corrected chi connectivity index (χ0v) is 16.2. The quantitative estimate of drug-likeness (QED) is 0.643. The topological polar surface area (TPSA) is 51.0 Å². The zero-order valence-electron chi connectivity index (χ0n) is 15.4. The molecule has 0 bridgehead atoms. The minimum atomic E-state index is -0.0538. The van der Waals surface area contributed by atoms with E-state index in [1.165, 1.54) is 0 Å². The van der Waals surface area contributed by atoms with Crippen molar-refractivity contribution in [2.45, 2.75) is 27.3 Å². The summed E-state index contributed by atoms with van der Waals surface area (Å²) in [5.74, 6) is -0.0538. The summed E-state index contributed by atoms with van der Waals surface area (Å²) in [4.78, 5) is 18.4. The van der Waals surface area contributed by atoms with E-state index in [4.69, 9.17) is 0 Å². The Bertz CT molecular complexity index is 940. The largest absolute Gasteiger partial charge is 0.338 e. The summed E-state index contributed by atoms with van der Waals surface area (Å²) in [5.41, 5.74) is 4.89. The zero-order chi connectivity index (χ0) is 18.7. The van der Waals surface area contributed by atoms with Crippen molar-refractivity contribution in [2.24, 2.45) is 0 Å². The first kappa shape index (κ1) is 18.1. The number of carbonyl (C=O) groups is 1. The maximum atomic E-state index is 12.4. The molecular formula is C20H22N4OS. The molecule has 134 valence electrons. The first-order valence-corrected chi connectivity index (χ1v) is 9.29. The molecule has 0 saturated heterocycles. The van der Waals surface area contributed by atoms with Crippen LogP contribution in [0.5, 0.6) is 0 Å². The van der Waals surface area contributed by atoms with Crippen LogP contribution < -0.4 is 0 Å². The van der Waals surface area contributed by atoms with Crippen molar-refractivity contribution in [2.75, 3.05) is 7.05 Å². The van der Waals surface area contributed by atoms with Crippen LogP contribution in [0.1, 0.15) is 27.7 Å². The number of benzene rings is 1. The Morgan fingerprint density at radius 1 is 1.23 bits per heavy atom. The summed E-state index contributed by atoms with van der Waals surface area (Å²) < 4.78 is 1.93. The van der Waals surface area contributed by atoms with Crippen LogP contribution in [-0.2, 0) is 11.3 Å². The van der Waals surface area contributed by atoms with Crippen molar-refractivity contribution < 1.29 is 4.79 Å². The van der Waals surface area contributed by atoms with E-state index in [2.05, 4.69) is 10.1 Å². The van der Waals surface area contributed by atoms with Gasteiger partial charge < -0.3 is 4.90 Å². The van der Waals surface area contributed by atoms with Gasteiger partial charge in [0.25, 0.3) is 0 Å². The molecule has 0 fully saturated rings. The van der Waals surface area contributed by atoms with Crippen LogP contribution in [0, 0.1) is 20.8 Å². The Hall–Kier alpha value is -2.73. The standard InChI is InChI=1S/C20H22N4OS/c1-14-19(15(2)24(22-14)18-8-6-5-7-9-18)12-23(4)20(25)11-10-17-13-26-16(3)21-17/h5-11,13H,12H2,1-4H3/b11-10+. The molecule has 1 amide bonds. The van der Waals surface area contributed by atoms with Crippen molar-refractivity contribution in [3.8, 4) is 5.69 Å². The van der Waals surface area contributed by atoms with Crippen LogP contribution in [0.2, 0.25) is 0 Å².